The number of ether oxygens (including phenoxy) is 1. The zero-order chi connectivity index (χ0) is 19.4. The number of hydrogen-bond donors (Lipinski definition) is 2. The maximum Gasteiger partial charge on any atom is 0.442 e. The lowest BCUT2D eigenvalue weighted by molar-refractivity contribution is -0.388. The largest absolute Gasteiger partial charge is 0.464 e. The van der Waals surface area contributed by atoms with Gasteiger partial charge in [-0.05, 0) is 13.8 Å². The number of amides is 1. The number of esters is 1. The van der Waals surface area contributed by atoms with Gasteiger partial charge in [0.05, 0.1) is 11.5 Å². The van der Waals surface area contributed by atoms with Crippen molar-refractivity contribution in [2.45, 2.75) is 32.6 Å². The van der Waals surface area contributed by atoms with Gasteiger partial charge in [-0.15, -0.1) is 0 Å². The molecule has 0 saturated heterocycles. The van der Waals surface area contributed by atoms with Crippen molar-refractivity contribution in [1.29, 1.82) is 0 Å². The second kappa shape index (κ2) is 8.18. The van der Waals surface area contributed by atoms with Gasteiger partial charge in [-0.2, -0.15) is 30.9 Å². The molecule has 1 atom stereocenters. The number of carbonyl (C=O) groups excluding carboxylic acids is 2. The Morgan fingerprint density at radius 2 is 2.08 bits per heavy atom. The molecule has 0 aliphatic carbocycles. The van der Waals surface area contributed by atoms with Crippen LogP contribution >= 0.6 is 12.6 Å². The monoisotopic (exact) mass is 384 g/mol. The third kappa shape index (κ3) is 5.08. The van der Waals surface area contributed by atoms with Crippen LogP contribution in [0, 0.1) is 17.0 Å². The van der Waals surface area contributed by atoms with Crippen molar-refractivity contribution in [1.82, 2.24) is 15.1 Å². The number of nitro groups is 1. The molecule has 0 aromatic carbocycles. The standard InChI is InChI=1S/C12H15F3N4O5S/c1-3-24-11(21)7(5-25)16-8(20)4-18-6(2)9(19(22)23)10(17-18)12(13,14)15/h7,25H,3-5H2,1-2H3,(H,16,20)/t7-/m0/s1. The highest BCUT2D eigenvalue weighted by molar-refractivity contribution is 7.80. The number of nitrogens with zero attached hydrogens (tertiary/aromatic N) is 3. The van der Waals surface area contributed by atoms with Crippen LogP contribution < -0.4 is 5.32 Å². The van der Waals surface area contributed by atoms with E-state index >= 15 is 0 Å². The van der Waals surface area contributed by atoms with Crippen LogP contribution in [0.25, 0.3) is 0 Å². The third-order valence-electron chi connectivity index (χ3n) is 3.01. The van der Waals surface area contributed by atoms with Crippen LogP contribution in [-0.2, 0) is 27.0 Å². The second-order valence-corrected chi connectivity index (χ2v) is 5.12. The van der Waals surface area contributed by atoms with E-state index in [9.17, 15) is 32.9 Å². The van der Waals surface area contributed by atoms with Crippen molar-refractivity contribution >= 4 is 30.2 Å². The zero-order valence-corrected chi connectivity index (χ0v) is 14.1. The summed E-state index contributed by atoms with van der Waals surface area (Å²) in [5.41, 5.74) is -3.36. The van der Waals surface area contributed by atoms with Gasteiger partial charge in [0.15, 0.2) is 0 Å². The van der Waals surface area contributed by atoms with E-state index < -0.39 is 52.6 Å². The molecule has 9 nitrogen and oxygen atoms in total. The van der Waals surface area contributed by atoms with Gasteiger partial charge >= 0.3 is 17.8 Å². The van der Waals surface area contributed by atoms with E-state index in [2.05, 4.69) is 23.0 Å². The Balaban J connectivity index is 3.01. The topological polar surface area (TPSA) is 116 Å². The molecule has 0 radical (unpaired) electrons. The highest BCUT2D eigenvalue weighted by atomic mass is 32.1. The smallest absolute Gasteiger partial charge is 0.442 e. The summed E-state index contributed by atoms with van der Waals surface area (Å²) in [5.74, 6) is -1.73. The van der Waals surface area contributed by atoms with Crippen molar-refractivity contribution in [3.05, 3.63) is 21.5 Å². The van der Waals surface area contributed by atoms with Gasteiger partial charge in [0, 0.05) is 5.75 Å². The van der Waals surface area contributed by atoms with E-state index in [1.807, 2.05) is 0 Å². The molecule has 1 aromatic rings. The van der Waals surface area contributed by atoms with Crippen molar-refractivity contribution in [3.63, 3.8) is 0 Å². The maximum absolute atomic E-state index is 12.8. The number of aromatic nitrogens is 2. The first-order valence-corrected chi connectivity index (χ1v) is 7.52. The van der Waals surface area contributed by atoms with Gasteiger partial charge in [0.25, 0.3) is 0 Å². The van der Waals surface area contributed by atoms with Crippen molar-refractivity contribution in [2.75, 3.05) is 12.4 Å². The van der Waals surface area contributed by atoms with Crippen molar-refractivity contribution < 1.29 is 32.4 Å². The summed E-state index contributed by atoms with van der Waals surface area (Å²) in [5, 5.41) is 16.2. The quantitative estimate of drug-likeness (QED) is 0.315. The Hall–Kier alpha value is -2.31. The highest BCUT2D eigenvalue weighted by Gasteiger charge is 2.44. The first kappa shape index (κ1) is 20.7. The molecule has 1 amide bonds. The minimum Gasteiger partial charge on any atom is -0.464 e. The Morgan fingerprint density at radius 3 is 2.48 bits per heavy atom. The number of hydrogen-bond acceptors (Lipinski definition) is 7. The number of alkyl halides is 3. The molecule has 1 N–H and O–H groups in total. The lowest BCUT2D eigenvalue weighted by Gasteiger charge is -2.15. The van der Waals surface area contributed by atoms with Crippen LogP contribution in [0.1, 0.15) is 18.3 Å². The molecule has 0 saturated carbocycles. The molecule has 25 heavy (non-hydrogen) atoms. The maximum atomic E-state index is 12.8. The first-order valence-electron chi connectivity index (χ1n) is 6.88. The van der Waals surface area contributed by atoms with Gasteiger partial charge in [0.1, 0.15) is 18.3 Å². The third-order valence-corrected chi connectivity index (χ3v) is 3.37. The van der Waals surface area contributed by atoms with E-state index in [0.717, 1.165) is 6.92 Å². The van der Waals surface area contributed by atoms with E-state index in [0.29, 0.717) is 4.68 Å². The molecule has 1 aromatic heterocycles. The van der Waals surface area contributed by atoms with Gasteiger partial charge in [-0.25, -0.2) is 4.79 Å². The summed E-state index contributed by atoms with van der Waals surface area (Å²) < 4.78 is 43.8. The molecule has 0 aliphatic heterocycles. The molecule has 1 heterocycles. The second-order valence-electron chi connectivity index (χ2n) is 4.75. The molecule has 0 fully saturated rings. The molecule has 13 heteroatoms. The molecule has 140 valence electrons. The van der Waals surface area contributed by atoms with Gasteiger partial charge in [-0.1, -0.05) is 0 Å². The molecular formula is C12H15F3N4O5S. The Kier molecular flexibility index (Phi) is 6.78. The van der Waals surface area contributed by atoms with Gasteiger partial charge in [-0.3, -0.25) is 19.6 Å². The Bertz CT molecular complexity index is 676. The number of nitrogens with one attached hydrogen (secondary N) is 1. The average molecular weight is 384 g/mol. The molecule has 0 unspecified atom stereocenters. The van der Waals surface area contributed by atoms with Gasteiger partial charge in [0.2, 0.25) is 11.6 Å². The minimum atomic E-state index is -5.05. The van der Waals surface area contributed by atoms with E-state index in [-0.39, 0.29) is 12.4 Å². The molecule has 0 aliphatic rings. The first-order chi connectivity index (χ1) is 11.5. The Morgan fingerprint density at radius 1 is 1.48 bits per heavy atom. The minimum absolute atomic E-state index is 0.0678. The zero-order valence-electron chi connectivity index (χ0n) is 13.2. The molecule has 1 rings (SSSR count). The Labute approximate surface area is 145 Å². The summed E-state index contributed by atoms with van der Waals surface area (Å²) in [4.78, 5) is 33.1. The molecule has 0 bridgehead atoms. The van der Waals surface area contributed by atoms with E-state index in [1.165, 1.54) is 0 Å². The predicted molar refractivity (Wildman–Crippen MR) is 81.0 cm³/mol. The number of carbonyl (C=O) groups is 2. The molecule has 0 spiro atoms. The normalized spacial score (nSPS) is 12.6. The lowest BCUT2D eigenvalue weighted by atomic mass is 10.3. The summed E-state index contributed by atoms with van der Waals surface area (Å²) in [7, 11) is 0. The fourth-order valence-corrected chi connectivity index (χ4v) is 2.14. The predicted octanol–water partition coefficient (Wildman–Crippen LogP) is 1.10. The summed E-state index contributed by atoms with van der Waals surface area (Å²) in [6.45, 7) is 1.92. The average Bonchev–Trinajstić information content (AvgIpc) is 2.82. The van der Waals surface area contributed by atoms with Crippen LogP contribution in [0.3, 0.4) is 0 Å². The summed E-state index contributed by atoms with van der Waals surface area (Å²) >= 11 is 3.88. The van der Waals surface area contributed by atoms with Crippen LogP contribution in [0.5, 0.6) is 0 Å². The summed E-state index contributed by atoms with van der Waals surface area (Å²) in [6, 6.07) is -1.11. The fraction of sp³-hybridized carbons (Fsp3) is 0.583. The van der Waals surface area contributed by atoms with Crippen LogP contribution in [0.15, 0.2) is 0 Å². The fourth-order valence-electron chi connectivity index (χ4n) is 1.90. The lowest BCUT2D eigenvalue weighted by Crippen LogP contribution is -2.44. The van der Waals surface area contributed by atoms with Crippen LogP contribution in [0.2, 0.25) is 0 Å². The number of thiol groups is 1. The highest BCUT2D eigenvalue weighted by Crippen LogP contribution is 2.36. The SMILES string of the molecule is CCOC(=O)[C@H](CS)NC(=O)Cn1nc(C(F)(F)F)c([N+](=O)[O-])c1C. The van der Waals surface area contributed by atoms with E-state index in [4.69, 9.17) is 4.74 Å². The van der Waals surface area contributed by atoms with Crippen molar-refractivity contribution in [3.8, 4) is 0 Å². The summed E-state index contributed by atoms with van der Waals surface area (Å²) in [6.07, 6.45) is -5.05. The van der Waals surface area contributed by atoms with Gasteiger partial charge < -0.3 is 10.1 Å². The number of rotatable bonds is 7. The van der Waals surface area contributed by atoms with E-state index in [1.54, 1.807) is 6.92 Å². The van der Waals surface area contributed by atoms with Crippen molar-refractivity contribution in [2.24, 2.45) is 0 Å². The molecular weight excluding hydrogens is 369 g/mol. The number of halogens is 3. The van der Waals surface area contributed by atoms with Crippen LogP contribution in [-0.4, -0.2) is 45.0 Å². The van der Waals surface area contributed by atoms with Crippen LogP contribution in [0.4, 0.5) is 18.9 Å².